The van der Waals surface area contributed by atoms with E-state index >= 15 is 0 Å². The number of carbonyl (C=O) groups excluding carboxylic acids is 8. The molecule has 0 bridgehead atoms. The number of esters is 4. The summed E-state index contributed by atoms with van der Waals surface area (Å²) in [5, 5.41) is 9.36. The second kappa shape index (κ2) is 49.9. The average molecular weight is 1780 g/mol. The van der Waals surface area contributed by atoms with Crippen LogP contribution in [0.15, 0.2) is 248 Å². The molecule has 0 saturated carbocycles. The van der Waals surface area contributed by atoms with Gasteiger partial charge in [0.25, 0.3) is 0 Å². The van der Waals surface area contributed by atoms with Gasteiger partial charge < -0.3 is 37.9 Å². The molecule has 0 aliphatic carbocycles. The number of carbonyl (C=O) groups is 8. The second-order valence-corrected chi connectivity index (χ2v) is 30.0. The number of nitrogens with two attached hydrogens (primary N) is 1. The van der Waals surface area contributed by atoms with Crippen LogP contribution >= 0.6 is 48.8 Å². The van der Waals surface area contributed by atoms with E-state index in [9.17, 15) is 38.4 Å². The Labute approximate surface area is 743 Å². The molecule has 0 atom stereocenters. The van der Waals surface area contributed by atoms with Gasteiger partial charge in [-0.1, -0.05) is 158 Å². The summed E-state index contributed by atoms with van der Waals surface area (Å²) in [6.45, 7) is -0.785. The Morgan fingerprint density at radius 1 is 0.344 bits per heavy atom. The molecule has 0 radical (unpaired) electrons. The zero-order chi connectivity index (χ0) is 89.4. The normalized spacial score (nSPS) is 10.9. The molecule has 10 aromatic carbocycles. The molecule has 29 nitrogen and oxygen atoms in total. The van der Waals surface area contributed by atoms with Crippen molar-refractivity contribution in [2.75, 3.05) is 72.8 Å². The summed E-state index contributed by atoms with van der Waals surface area (Å²) in [5.74, 6) is 2.95. The van der Waals surface area contributed by atoms with Crippen LogP contribution in [0.1, 0.15) is 81.3 Å². The van der Waals surface area contributed by atoms with Crippen molar-refractivity contribution in [3.8, 4) is 57.5 Å². The standard InChI is InChI=1S/C66H64BN3O13S2.C25H31N3O10S2/c1-75-54-32-28-52(29-33-54)65(48-18-10-6-11-19-48,49-20-12-7-13-21-49)84-40-38-60(71)82-56-36-26-46(42-58(56)77-3)44-80-63(73)68-62(70-67-79-5)69-64(74)81-45-47-27-37-57(59(43-47)78-4)83-61(72)39-41-85-66(50-22-14-8-15-23-50,51-24-16-9-17-25-51)53-30-34-55(76-2)35-31-53;1-33-19-11-15(3-5-17(19)37-21(29)7-9-39)13-35-24(31)27-23(26)28-25(32)36-14-16-4-6-18(20(12-16)34-2)38-22(30)8-10-40/h6-37,42-43,62H,38-41,44-45H2,1-5H3,(H,68,73)(H,69,74);3-6,11-12,23,39-40H,7-10,13-14,26H2,1-2H3,(H,27,31)(H,28,32). The Balaban J connectivity index is 0.000000370. The van der Waals surface area contributed by atoms with Crippen LogP contribution in [0.25, 0.3) is 0 Å². The van der Waals surface area contributed by atoms with Crippen molar-refractivity contribution in [3.05, 3.63) is 298 Å². The van der Waals surface area contributed by atoms with E-state index in [0.29, 0.717) is 45.3 Å². The van der Waals surface area contributed by atoms with Gasteiger partial charge in [0.15, 0.2) is 29.3 Å². The molecular formula is C91H95BN6O23S4. The molecule has 0 aromatic heterocycles. The van der Waals surface area contributed by atoms with E-state index in [4.69, 9.17) is 76.7 Å². The van der Waals surface area contributed by atoms with Crippen LogP contribution in [0, 0.1) is 0 Å². The monoisotopic (exact) mass is 1780 g/mol. The van der Waals surface area contributed by atoms with E-state index in [0.717, 1.165) is 52.2 Å². The molecule has 0 fully saturated rings. The largest absolute Gasteiger partial charge is 0.493 e. The molecular weight excluding hydrogens is 1680 g/mol. The molecule has 10 rings (SSSR count). The van der Waals surface area contributed by atoms with Crippen LogP contribution in [0.3, 0.4) is 0 Å². The van der Waals surface area contributed by atoms with Gasteiger partial charge in [-0.15, -0.1) is 23.5 Å². The number of nitrogens with one attached hydrogen (secondary N) is 4. The summed E-state index contributed by atoms with van der Waals surface area (Å²) < 4.78 is 79.3. The smallest absolute Gasteiger partial charge is 0.410 e. The molecule has 0 unspecified atom stereocenters. The summed E-state index contributed by atoms with van der Waals surface area (Å²) in [6.07, 6.45) is -5.97. The third-order valence-corrected chi connectivity index (χ3v) is 21.8. The third kappa shape index (κ3) is 28.5. The van der Waals surface area contributed by atoms with E-state index in [2.05, 4.69) is 100.0 Å². The molecule has 0 saturated heterocycles. The first-order valence-electron chi connectivity index (χ1n) is 38.7. The van der Waals surface area contributed by atoms with Crippen molar-refractivity contribution in [3.63, 3.8) is 0 Å². The summed E-state index contributed by atoms with van der Waals surface area (Å²) in [6, 6.07) is 75.4. The minimum atomic E-state index is -1.37. The van der Waals surface area contributed by atoms with Crippen LogP contribution in [0.2, 0.25) is 0 Å². The molecule has 4 amide bonds. The number of thioether (sulfide) groups is 2. The average Bonchev–Trinajstić information content (AvgIpc) is 0.759. The van der Waals surface area contributed by atoms with Crippen molar-refractivity contribution in [2.24, 2.45) is 10.6 Å². The van der Waals surface area contributed by atoms with Crippen LogP contribution < -0.4 is 74.4 Å². The zero-order valence-corrected chi connectivity index (χ0v) is 72.9. The number of nitrogens with zero attached hydrogens (tertiary/aromatic N) is 1. The topological polar surface area (TPSA) is 362 Å². The number of ether oxygens (including phenoxy) is 14. The fourth-order valence-corrected chi connectivity index (χ4v) is 15.7. The van der Waals surface area contributed by atoms with E-state index < -0.39 is 70.3 Å². The maximum Gasteiger partial charge on any atom is 0.410 e. The quantitative estimate of drug-likeness (QED) is 0.00355. The fourth-order valence-electron chi connectivity index (χ4n) is 12.3. The molecule has 0 aliphatic rings. The Morgan fingerprint density at radius 2 is 0.608 bits per heavy atom. The molecule has 125 heavy (non-hydrogen) atoms. The van der Waals surface area contributed by atoms with E-state index in [-0.39, 0.29) is 98.1 Å². The number of hydrogen-bond acceptors (Lipinski definition) is 29. The summed E-state index contributed by atoms with van der Waals surface area (Å²) >= 11 is 11.2. The van der Waals surface area contributed by atoms with Crippen molar-refractivity contribution in [2.45, 2.75) is 74.2 Å². The van der Waals surface area contributed by atoms with Gasteiger partial charge in [-0.05, 0) is 93.0 Å². The van der Waals surface area contributed by atoms with Gasteiger partial charge in [0.1, 0.15) is 24.7 Å². The Kier molecular flexibility index (Phi) is 38.3. The van der Waals surface area contributed by atoms with E-state index in [1.807, 2.05) is 121 Å². The molecule has 10 aromatic rings. The van der Waals surface area contributed by atoms with E-state index in [1.54, 1.807) is 98.4 Å². The first-order valence-corrected chi connectivity index (χ1v) is 42.0. The predicted molar refractivity (Wildman–Crippen MR) is 477 cm³/mol. The van der Waals surface area contributed by atoms with Gasteiger partial charge >= 0.3 is 225 Å². The molecule has 0 heterocycles. The van der Waals surface area contributed by atoms with Crippen molar-refractivity contribution >= 4 is 104 Å². The van der Waals surface area contributed by atoms with Gasteiger partial charge in [-0.2, -0.15) is 25.3 Å². The van der Waals surface area contributed by atoms with Crippen LogP contribution in [-0.2, 0) is 78.7 Å². The summed E-state index contributed by atoms with van der Waals surface area (Å²) in [5.41, 5.74) is 14.1. The second-order valence-electron chi connectivity index (χ2n) is 26.5. The number of rotatable bonds is 42. The SMILES string of the molecule is COB=NC(NC(=O)OCc1ccc(OC(=O)CCSC(c2ccccc2)(c2ccccc2)c2ccc(OC)cc2)c(OC)c1)NC(=O)OCc1ccc(OC(=O)CCSC(c2ccccc2)(c2ccccc2)c2ccc(OC)cc2)c(OC)c1.COc1cc(COC(=O)NC(N)NC(=O)OCc2ccc(OC(=O)CCS)c(OC)c2)ccc1OC(=O)CCS. The van der Waals surface area contributed by atoms with Crippen LogP contribution in [0.4, 0.5) is 19.2 Å². The molecule has 34 heteroatoms. The number of benzene rings is 10. The van der Waals surface area contributed by atoms with Crippen molar-refractivity contribution < 1.29 is 109 Å². The molecule has 0 spiro atoms. The minimum absolute atomic E-state index is 0.0764. The first kappa shape index (κ1) is 95.8. The number of methoxy groups -OCH3 is 6. The van der Waals surface area contributed by atoms with E-state index in [1.165, 1.54) is 47.7 Å². The van der Waals surface area contributed by atoms with Gasteiger partial charge in [0.2, 0.25) is 0 Å². The maximum atomic E-state index is 13.5. The molecule has 0 aliphatic heterocycles. The predicted octanol–water partition coefficient (Wildman–Crippen LogP) is 15.2. The Hall–Kier alpha value is -13.0. The number of hydrogen-bond donors (Lipinski definition) is 7. The minimum Gasteiger partial charge on any atom is -0.493 e. The summed E-state index contributed by atoms with van der Waals surface area (Å²) in [4.78, 5) is 105. The molecule has 654 valence electrons. The Bertz CT molecular complexity index is 4820. The molecule has 6 N–H and O–H groups in total. The van der Waals surface area contributed by atoms with Gasteiger partial charge in [-0.3, -0.25) is 35.5 Å². The third-order valence-electron chi connectivity index (χ3n) is 18.3. The maximum absolute atomic E-state index is 13.5. The van der Waals surface area contributed by atoms with Crippen molar-refractivity contribution in [1.82, 2.24) is 21.3 Å². The van der Waals surface area contributed by atoms with Gasteiger partial charge in [-0.25, -0.2) is 9.59 Å². The van der Waals surface area contributed by atoms with Crippen LogP contribution in [0.5, 0.6) is 57.5 Å². The van der Waals surface area contributed by atoms with Crippen LogP contribution in [-0.4, -0.2) is 141 Å². The first-order chi connectivity index (χ1) is 60.7. The Morgan fingerprint density at radius 3 is 0.864 bits per heavy atom. The van der Waals surface area contributed by atoms with Gasteiger partial charge in [0, 0.05) is 23.0 Å². The zero-order valence-electron chi connectivity index (χ0n) is 69.4. The number of thiol groups is 2. The van der Waals surface area contributed by atoms with Crippen molar-refractivity contribution in [1.29, 1.82) is 0 Å². The van der Waals surface area contributed by atoms with Gasteiger partial charge in [0.05, 0.1) is 63.6 Å². The fraction of sp³-hybridized carbons (Fsp3) is 0.253. The summed E-state index contributed by atoms with van der Waals surface area (Å²) in [7, 11) is 11.3. The number of amides is 4. The number of alkyl carbamates (subject to hydrolysis) is 4.